The Balaban J connectivity index is 2.08. The Morgan fingerprint density at radius 1 is 1.05 bits per heavy atom. The molecule has 108 valence electrons. The number of alkyl halides is 3. The minimum Gasteiger partial charge on any atom is -0.275 e. The Bertz CT molecular complexity index is 804. The van der Waals surface area contributed by atoms with Crippen LogP contribution in [0.4, 0.5) is 13.2 Å². The lowest BCUT2D eigenvalue weighted by atomic mass is 10.0. The Morgan fingerprint density at radius 3 is 2.33 bits per heavy atom. The third kappa shape index (κ3) is 2.68. The van der Waals surface area contributed by atoms with Gasteiger partial charge in [-0.2, -0.15) is 18.3 Å². The fourth-order valence-electron chi connectivity index (χ4n) is 2.23. The summed E-state index contributed by atoms with van der Waals surface area (Å²) in [6.45, 7) is 0. The van der Waals surface area contributed by atoms with Gasteiger partial charge in [0, 0.05) is 23.1 Å². The van der Waals surface area contributed by atoms with Gasteiger partial charge in [-0.3, -0.25) is 4.68 Å². The first kappa shape index (κ1) is 14.1. The minimum absolute atomic E-state index is 0.646. The summed E-state index contributed by atoms with van der Waals surface area (Å²) in [7, 11) is 1.82. The molecule has 0 atom stereocenters. The van der Waals surface area contributed by atoms with Gasteiger partial charge in [-0.25, -0.2) is 0 Å². The summed E-state index contributed by atoms with van der Waals surface area (Å²) in [5.74, 6) is 0. The number of halogens is 4. The van der Waals surface area contributed by atoms with E-state index < -0.39 is 11.7 Å². The van der Waals surface area contributed by atoms with Crippen LogP contribution in [0.3, 0.4) is 0 Å². The summed E-state index contributed by atoms with van der Waals surface area (Å²) < 4.78 is 40.3. The highest BCUT2D eigenvalue weighted by atomic mass is 79.9. The van der Waals surface area contributed by atoms with Crippen LogP contribution in [-0.2, 0) is 13.2 Å². The SMILES string of the molecule is Cn1cc2cc(-c3ccc(C(F)(F)F)cc3)cc(Br)c2n1. The topological polar surface area (TPSA) is 17.8 Å². The van der Waals surface area contributed by atoms with E-state index in [-0.39, 0.29) is 0 Å². The van der Waals surface area contributed by atoms with Gasteiger partial charge >= 0.3 is 6.18 Å². The third-order valence-electron chi connectivity index (χ3n) is 3.22. The maximum absolute atomic E-state index is 12.6. The molecule has 2 aromatic carbocycles. The summed E-state index contributed by atoms with van der Waals surface area (Å²) in [6, 6.07) is 8.92. The van der Waals surface area contributed by atoms with Crippen LogP contribution in [0.5, 0.6) is 0 Å². The number of aromatic nitrogens is 2. The summed E-state index contributed by atoms with van der Waals surface area (Å²) in [5, 5.41) is 5.25. The molecule has 0 fully saturated rings. The van der Waals surface area contributed by atoms with Crippen molar-refractivity contribution >= 4 is 26.8 Å². The fourth-order valence-corrected chi connectivity index (χ4v) is 2.79. The van der Waals surface area contributed by atoms with Gasteiger partial charge in [-0.1, -0.05) is 12.1 Å². The second-order valence-corrected chi connectivity index (χ2v) is 5.63. The molecule has 0 amide bonds. The third-order valence-corrected chi connectivity index (χ3v) is 3.83. The lowest BCUT2D eigenvalue weighted by molar-refractivity contribution is -0.137. The molecule has 0 radical (unpaired) electrons. The summed E-state index contributed by atoms with van der Waals surface area (Å²) in [4.78, 5) is 0. The van der Waals surface area contributed by atoms with Gasteiger partial charge in [-0.15, -0.1) is 0 Å². The number of rotatable bonds is 1. The maximum atomic E-state index is 12.6. The predicted molar refractivity (Wildman–Crippen MR) is 78.9 cm³/mol. The van der Waals surface area contributed by atoms with E-state index in [1.807, 2.05) is 25.4 Å². The molecule has 3 rings (SSSR count). The number of nitrogens with zero attached hydrogens (tertiary/aromatic N) is 2. The van der Waals surface area contributed by atoms with E-state index in [1.165, 1.54) is 12.1 Å². The molecule has 0 spiro atoms. The monoisotopic (exact) mass is 354 g/mol. The van der Waals surface area contributed by atoms with Gasteiger partial charge in [0.1, 0.15) is 5.52 Å². The number of fused-ring (bicyclic) bond motifs is 1. The number of hydrogen-bond donors (Lipinski definition) is 0. The second kappa shape index (κ2) is 4.87. The molecular formula is C15H10BrF3N2. The van der Waals surface area contributed by atoms with E-state index in [4.69, 9.17) is 0 Å². The lowest BCUT2D eigenvalue weighted by Gasteiger charge is -2.08. The van der Waals surface area contributed by atoms with E-state index in [0.717, 1.165) is 38.6 Å². The van der Waals surface area contributed by atoms with Gasteiger partial charge in [0.05, 0.1) is 5.56 Å². The molecule has 6 heteroatoms. The van der Waals surface area contributed by atoms with Crippen molar-refractivity contribution in [1.82, 2.24) is 9.78 Å². The second-order valence-electron chi connectivity index (χ2n) is 4.77. The molecule has 0 aliphatic rings. The minimum atomic E-state index is -4.31. The van der Waals surface area contributed by atoms with Crippen molar-refractivity contribution in [2.75, 3.05) is 0 Å². The molecule has 0 saturated heterocycles. The van der Waals surface area contributed by atoms with Crippen LogP contribution >= 0.6 is 15.9 Å². The summed E-state index contributed by atoms with van der Waals surface area (Å²) in [6.07, 6.45) is -2.44. The molecule has 0 N–H and O–H groups in total. The molecule has 0 aliphatic heterocycles. The summed E-state index contributed by atoms with van der Waals surface area (Å²) >= 11 is 3.45. The number of hydrogen-bond acceptors (Lipinski definition) is 1. The van der Waals surface area contributed by atoms with Crippen molar-refractivity contribution in [1.29, 1.82) is 0 Å². The lowest BCUT2D eigenvalue weighted by Crippen LogP contribution is -2.03. The molecule has 3 aromatic rings. The highest BCUT2D eigenvalue weighted by molar-refractivity contribution is 9.10. The van der Waals surface area contributed by atoms with Gasteiger partial charge in [0.25, 0.3) is 0 Å². The van der Waals surface area contributed by atoms with Crippen LogP contribution in [0, 0.1) is 0 Å². The zero-order valence-electron chi connectivity index (χ0n) is 10.9. The van der Waals surface area contributed by atoms with Gasteiger partial charge in [0.15, 0.2) is 0 Å². The quantitative estimate of drug-likeness (QED) is 0.599. The molecular weight excluding hydrogens is 345 g/mol. The average molecular weight is 355 g/mol. The van der Waals surface area contributed by atoms with Crippen molar-refractivity contribution in [3.63, 3.8) is 0 Å². The molecule has 21 heavy (non-hydrogen) atoms. The molecule has 0 aliphatic carbocycles. The highest BCUT2D eigenvalue weighted by Crippen LogP contribution is 2.33. The molecule has 1 aromatic heterocycles. The Morgan fingerprint density at radius 2 is 1.71 bits per heavy atom. The largest absolute Gasteiger partial charge is 0.416 e. The van der Waals surface area contributed by atoms with E-state index in [1.54, 1.807) is 4.68 Å². The van der Waals surface area contributed by atoms with Gasteiger partial charge in [0.2, 0.25) is 0 Å². The molecule has 1 heterocycles. The molecule has 2 nitrogen and oxygen atoms in total. The van der Waals surface area contributed by atoms with Gasteiger partial charge < -0.3 is 0 Å². The van der Waals surface area contributed by atoms with Gasteiger partial charge in [-0.05, 0) is 51.3 Å². The smallest absolute Gasteiger partial charge is 0.275 e. The number of benzene rings is 2. The van der Waals surface area contributed by atoms with Crippen molar-refractivity contribution in [2.45, 2.75) is 6.18 Å². The van der Waals surface area contributed by atoms with E-state index in [2.05, 4.69) is 21.0 Å². The Hall–Kier alpha value is -1.82. The Labute approximate surface area is 127 Å². The normalized spacial score (nSPS) is 12.0. The standard InChI is InChI=1S/C15H10BrF3N2/c1-21-8-11-6-10(7-13(16)14(11)20-21)9-2-4-12(5-3-9)15(17,18)19/h2-8H,1H3. The average Bonchev–Trinajstić information content (AvgIpc) is 2.79. The molecule has 0 bridgehead atoms. The fraction of sp³-hybridized carbons (Fsp3) is 0.133. The van der Waals surface area contributed by atoms with E-state index in [0.29, 0.717) is 0 Å². The first-order chi connectivity index (χ1) is 9.84. The van der Waals surface area contributed by atoms with Crippen molar-refractivity contribution in [3.05, 3.63) is 52.6 Å². The van der Waals surface area contributed by atoms with Crippen molar-refractivity contribution in [3.8, 4) is 11.1 Å². The first-order valence-corrected chi connectivity index (χ1v) is 6.94. The first-order valence-electron chi connectivity index (χ1n) is 6.15. The van der Waals surface area contributed by atoms with Crippen LogP contribution in [0.1, 0.15) is 5.56 Å². The van der Waals surface area contributed by atoms with E-state index >= 15 is 0 Å². The van der Waals surface area contributed by atoms with Crippen LogP contribution in [0.15, 0.2) is 47.1 Å². The number of aryl methyl sites for hydroxylation is 1. The zero-order chi connectivity index (χ0) is 15.2. The predicted octanol–water partition coefficient (Wildman–Crippen LogP) is 5.02. The van der Waals surface area contributed by atoms with Crippen molar-refractivity contribution < 1.29 is 13.2 Å². The van der Waals surface area contributed by atoms with Crippen LogP contribution in [0.25, 0.3) is 22.0 Å². The maximum Gasteiger partial charge on any atom is 0.416 e. The van der Waals surface area contributed by atoms with Crippen LogP contribution in [0.2, 0.25) is 0 Å². The highest BCUT2D eigenvalue weighted by Gasteiger charge is 2.29. The Kier molecular flexibility index (Phi) is 3.28. The summed E-state index contributed by atoms with van der Waals surface area (Å²) in [5.41, 5.74) is 1.76. The molecule has 0 unspecified atom stereocenters. The van der Waals surface area contributed by atoms with Crippen LogP contribution in [-0.4, -0.2) is 9.78 Å². The molecule has 0 saturated carbocycles. The van der Waals surface area contributed by atoms with E-state index in [9.17, 15) is 13.2 Å². The van der Waals surface area contributed by atoms with Crippen LogP contribution < -0.4 is 0 Å². The zero-order valence-corrected chi connectivity index (χ0v) is 12.5. The van der Waals surface area contributed by atoms with Crippen molar-refractivity contribution in [2.24, 2.45) is 7.05 Å².